The van der Waals surface area contributed by atoms with Crippen LogP contribution in [0.2, 0.25) is 0 Å². The number of hydrogen-bond donors (Lipinski definition) is 0. The fourth-order valence-electron chi connectivity index (χ4n) is 3.43. The summed E-state index contributed by atoms with van der Waals surface area (Å²) >= 11 is 1.62. The van der Waals surface area contributed by atoms with Gasteiger partial charge in [0.25, 0.3) is 5.91 Å². The van der Waals surface area contributed by atoms with E-state index in [9.17, 15) is 4.79 Å². The lowest BCUT2D eigenvalue weighted by Gasteiger charge is -2.24. The van der Waals surface area contributed by atoms with Crippen LogP contribution in [0.15, 0.2) is 29.4 Å². The lowest BCUT2D eigenvalue weighted by molar-refractivity contribution is 0.0829. The Morgan fingerprint density at radius 2 is 2.28 bits per heavy atom. The Balaban J connectivity index is 1.70. The van der Waals surface area contributed by atoms with Crippen LogP contribution in [0.3, 0.4) is 0 Å². The number of thiazole rings is 1. The molecule has 3 aromatic heterocycles. The van der Waals surface area contributed by atoms with Gasteiger partial charge < -0.3 is 4.90 Å². The minimum atomic E-state index is -0.0783. The molecule has 1 aliphatic rings. The molecule has 1 fully saturated rings. The molecule has 4 rings (SSSR count). The monoisotopic (exact) mass is 356 g/mol. The van der Waals surface area contributed by atoms with Crippen molar-refractivity contribution in [2.75, 3.05) is 20.6 Å². The first-order valence-corrected chi connectivity index (χ1v) is 9.25. The van der Waals surface area contributed by atoms with Gasteiger partial charge in [-0.25, -0.2) is 14.5 Å². The normalized spacial score (nSPS) is 18.1. The minimum Gasteiger partial charge on any atom is -0.345 e. The van der Waals surface area contributed by atoms with Crippen molar-refractivity contribution in [3.05, 3.63) is 46.3 Å². The van der Waals surface area contributed by atoms with Crippen LogP contribution in [0.5, 0.6) is 0 Å². The van der Waals surface area contributed by atoms with Crippen LogP contribution in [0, 0.1) is 0 Å². The summed E-state index contributed by atoms with van der Waals surface area (Å²) in [5.41, 5.74) is 5.21. The van der Waals surface area contributed by atoms with Crippen molar-refractivity contribution in [3.63, 3.8) is 0 Å². The summed E-state index contributed by atoms with van der Waals surface area (Å²) in [7, 11) is 3.48. The maximum atomic E-state index is 12.3. The van der Waals surface area contributed by atoms with Gasteiger partial charge in [0.2, 0.25) is 0 Å². The zero-order valence-electron chi connectivity index (χ0n) is 14.3. The molecule has 1 amide bonds. The molecule has 130 valence electrons. The molecule has 25 heavy (non-hydrogen) atoms. The number of likely N-dealkylation sites (tertiary alicyclic amines) is 1. The highest BCUT2D eigenvalue weighted by Crippen LogP contribution is 2.33. The standard InChI is InChI=1S/C17H20N6OS/c1-21(2)17(24)13-8-20-23-15(5-6-18-16(13)23)14-4-3-7-22(14)9-12-10-25-11-19-12/h5-6,8,10-11,14H,3-4,7,9H2,1-2H3/t14-/m0/s1. The molecule has 0 spiro atoms. The highest BCUT2D eigenvalue weighted by atomic mass is 32.1. The first-order valence-electron chi connectivity index (χ1n) is 8.30. The van der Waals surface area contributed by atoms with E-state index in [2.05, 4.69) is 25.3 Å². The predicted molar refractivity (Wildman–Crippen MR) is 95.5 cm³/mol. The third-order valence-corrected chi connectivity index (χ3v) is 5.26. The van der Waals surface area contributed by atoms with Crippen molar-refractivity contribution >= 4 is 22.9 Å². The molecule has 7 nitrogen and oxygen atoms in total. The van der Waals surface area contributed by atoms with Crippen molar-refractivity contribution in [1.29, 1.82) is 0 Å². The molecule has 1 saturated heterocycles. The Morgan fingerprint density at radius 3 is 3.04 bits per heavy atom. The van der Waals surface area contributed by atoms with Gasteiger partial charge in [-0.1, -0.05) is 0 Å². The fourth-order valence-corrected chi connectivity index (χ4v) is 3.98. The summed E-state index contributed by atoms with van der Waals surface area (Å²) in [5, 5.41) is 6.56. The Bertz CT molecular complexity index is 888. The summed E-state index contributed by atoms with van der Waals surface area (Å²) in [4.78, 5) is 25.1. The summed E-state index contributed by atoms with van der Waals surface area (Å²) < 4.78 is 1.82. The Labute approximate surface area is 149 Å². The van der Waals surface area contributed by atoms with Crippen LogP contribution >= 0.6 is 11.3 Å². The topological polar surface area (TPSA) is 66.6 Å². The smallest absolute Gasteiger partial charge is 0.258 e. The molecule has 0 saturated carbocycles. The molecular weight excluding hydrogens is 336 g/mol. The molecule has 0 N–H and O–H groups in total. The number of amides is 1. The first-order chi connectivity index (χ1) is 12.1. The van der Waals surface area contributed by atoms with Crippen LogP contribution < -0.4 is 0 Å². The summed E-state index contributed by atoms with van der Waals surface area (Å²) in [6.45, 7) is 1.87. The second-order valence-corrected chi connectivity index (χ2v) is 7.19. The molecule has 0 aromatic carbocycles. The molecule has 8 heteroatoms. The van der Waals surface area contributed by atoms with E-state index in [-0.39, 0.29) is 11.9 Å². The Hall–Kier alpha value is -2.32. The van der Waals surface area contributed by atoms with E-state index in [1.54, 1.807) is 42.7 Å². The zero-order chi connectivity index (χ0) is 17.4. The molecule has 0 bridgehead atoms. The van der Waals surface area contributed by atoms with E-state index in [4.69, 9.17) is 0 Å². The summed E-state index contributed by atoms with van der Waals surface area (Å²) in [6.07, 6.45) is 5.61. The molecular formula is C17H20N6OS. The number of carbonyl (C=O) groups excluding carboxylic acids is 1. The van der Waals surface area contributed by atoms with Gasteiger partial charge in [-0.2, -0.15) is 5.10 Å². The van der Waals surface area contributed by atoms with E-state index >= 15 is 0 Å². The average Bonchev–Trinajstić information content (AvgIpc) is 3.34. The van der Waals surface area contributed by atoms with Crippen LogP contribution in [-0.2, 0) is 6.54 Å². The summed E-state index contributed by atoms with van der Waals surface area (Å²) in [5.74, 6) is -0.0783. The van der Waals surface area contributed by atoms with Gasteiger partial charge in [0, 0.05) is 32.2 Å². The maximum absolute atomic E-state index is 12.3. The van der Waals surface area contributed by atoms with Gasteiger partial charge in [-0.15, -0.1) is 11.3 Å². The van der Waals surface area contributed by atoms with Crippen molar-refractivity contribution in [2.24, 2.45) is 0 Å². The number of fused-ring (bicyclic) bond motifs is 1. The highest BCUT2D eigenvalue weighted by molar-refractivity contribution is 7.07. The van der Waals surface area contributed by atoms with Crippen molar-refractivity contribution in [3.8, 4) is 0 Å². The lowest BCUT2D eigenvalue weighted by Crippen LogP contribution is -2.25. The van der Waals surface area contributed by atoms with Gasteiger partial charge >= 0.3 is 0 Å². The second-order valence-electron chi connectivity index (χ2n) is 6.47. The minimum absolute atomic E-state index is 0.0783. The first kappa shape index (κ1) is 16.2. The van der Waals surface area contributed by atoms with Crippen LogP contribution in [0.25, 0.3) is 5.65 Å². The van der Waals surface area contributed by atoms with Gasteiger partial charge in [0.05, 0.1) is 29.1 Å². The van der Waals surface area contributed by atoms with Gasteiger partial charge in [-0.3, -0.25) is 9.69 Å². The molecule has 0 aliphatic carbocycles. The second kappa shape index (κ2) is 6.53. The highest BCUT2D eigenvalue weighted by Gasteiger charge is 2.29. The van der Waals surface area contributed by atoms with Crippen LogP contribution in [0.1, 0.15) is 40.6 Å². The summed E-state index contributed by atoms with van der Waals surface area (Å²) in [6, 6.07) is 2.27. The largest absolute Gasteiger partial charge is 0.345 e. The van der Waals surface area contributed by atoms with E-state index in [1.165, 1.54) is 0 Å². The van der Waals surface area contributed by atoms with E-state index < -0.39 is 0 Å². The molecule has 4 heterocycles. The fraction of sp³-hybridized carbons (Fsp3) is 0.412. The molecule has 0 radical (unpaired) electrons. The van der Waals surface area contributed by atoms with Gasteiger partial charge in [0.15, 0.2) is 5.65 Å². The number of rotatable bonds is 4. The third kappa shape index (κ3) is 2.91. The van der Waals surface area contributed by atoms with Crippen molar-refractivity contribution in [1.82, 2.24) is 29.4 Å². The zero-order valence-corrected chi connectivity index (χ0v) is 15.1. The number of carbonyl (C=O) groups is 1. The average molecular weight is 356 g/mol. The Morgan fingerprint density at radius 1 is 1.40 bits per heavy atom. The number of nitrogens with zero attached hydrogens (tertiary/aromatic N) is 6. The maximum Gasteiger partial charge on any atom is 0.258 e. The van der Waals surface area contributed by atoms with Crippen LogP contribution in [-0.4, -0.2) is 55.9 Å². The van der Waals surface area contributed by atoms with Gasteiger partial charge in [0.1, 0.15) is 5.56 Å². The quantitative estimate of drug-likeness (QED) is 0.717. The third-order valence-electron chi connectivity index (χ3n) is 4.62. The molecule has 1 aliphatic heterocycles. The van der Waals surface area contributed by atoms with Crippen molar-refractivity contribution in [2.45, 2.75) is 25.4 Å². The molecule has 1 atom stereocenters. The van der Waals surface area contributed by atoms with E-state index in [0.717, 1.165) is 37.3 Å². The van der Waals surface area contributed by atoms with Crippen molar-refractivity contribution < 1.29 is 4.79 Å². The lowest BCUT2D eigenvalue weighted by atomic mass is 10.1. The van der Waals surface area contributed by atoms with E-state index in [1.807, 2.05) is 16.1 Å². The molecule has 3 aromatic rings. The van der Waals surface area contributed by atoms with E-state index in [0.29, 0.717) is 11.2 Å². The van der Waals surface area contributed by atoms with Gasteiger partial charge in [-0.05, 0) is 25.5 Å². The number of hydrogen-bond acceptors (Lipinski definition) is 6. The predicted octanol–water partition coefficient (Wildman–Crippen LogP) is 2.22. The number of aromatic nitrogens is 4. The Kier molecular flexibility index (Phi) is 4.22. The van der Waals surface area contributed by atoms with Crippen LogP contribution in [0.4, 0.5) is 0 Å². The SMILES string of the molecule is CN(C)C(=O)c1cnn2c([C@@H]3CCCN3Cc3cscn3)ccnc12. The molecule has 0 unspecified atom stereocenters.